The highest BCUT2D eigenvalue weighted by molar-refractivity contribution is 6.76. The van der Waals surface area contributed by atoms with Gasteiger partial charge in [0.1, 0.15) is 13.1 Å². The second-order valence-electron chi connectivity index (χ2n) is 3.72. The standard InChI is InChI=1S/C8H10Cl6N2O2/c9-7(10,11)5(15-6(17)8(12,13)14)16-1-3-18-4-2-16/h5H,1-4H2,(H,15,17)/p+1/t5-/m1/s1. The Morgan fingerprint density at radius 2 is 1.61 bits per heavy atom. The smallest absolute Gasteiger partial charge is 0.276 e. The van der Waals surface area contributed by atoms with Crippen molar-refractivity contribution in [2.24, 2.45) is 0 Å². The van der Waals surface area contributed by atoms with E-state index in [0.29, 0.717) is 26.3 Å². The van der Waals surface area contributed by atoms with E-state index in [1.54, 1.807) is 0 Å². The Bertz CT molecular complexity index is 297. The molecule has 0 aliphatic carbocycles. The van der Waals surface area contributed by atoms with Gasteiger partial charge in [-0.2, -0.15) is 0 Å². The Hall–Kier alpha value is 1.13. The highest BCUT2D eigenvalue weighted by atomic mass is 35.6. The average Bonchev–Trinajstić information content (AvgIpc) is 2.23. The van der Waals surface area contributed by atoms with Crippen molar-refractivity contribution in [3.8, 4) is 0 Å². The Kier molecular flexibility index (Phi) is 6.42. The number of carbonyl (C=O) groups excluding carboxylic acids is 1. The lowest BCUT2D eigenvalue weighted by Crippen LogP contribution is -3.21. The summed E-state index contributed by atoms with van der Waals surface area (Å²) in [5.74, 6) is -0.831. The van der Waals surface area contributed by atoms with E-state index in [1.165, 1.54) is 0 Å². The number of hydrogen-bond acceptors (Lipinski definition) is 2. The van der Waals surface area contributed by atoms with Gasteiger partial charge in [0.05, 0.1) is 13.2 Å². The van der Waals surface area contributed by atoms with E-state index >= 15 is 0 Å². The van der Waals surface area contributed by atoms with Crippen LogP contribution in [0.5, 0.6) is 0 Å². The van der Waals surface area contributed by atoms with E-state index in [2.05, 4.69) is 5.32 Å². The minimum Gasteiger partial charge on any atom is -0.370 e. The van der Waals surface area contributed by atoms with Gasteiger partial charge in [-0.15, -0.1) is 0 Å². The fourth-order valence-corrected chi connectivity index (χ4v) is 2.34. The molecule has 0 radical (unpaired) electrons. The fraction of sp³-hybridized carbons (Fsp3) is 0.875. The monoisotopic (exact) mass is 377 g/mol. The van der Waals surface area contributed by atoms with Crippen LogP contribution >= 0.6 is 69.6 Å². The molecule has 0 aromatic heterocycles. The third-order valence-corrected chi connectivity index (χ3v) is 3.57. The SMILES string of the molecule is O=C(N[C@H]([NH+]1CCOCC1)C(Cl)(Cl)Cl)C(Cl)(Cl)Cl. The fourth-order valence-electron chi connectivity index (χ4n) is 1.55. The summed E-state index contributed by atoms with van der Waals surface area (Å²) >= 11 is 34.0. The van der Waals surface area contributed by atoms with Crippen molar-refractivity contribution < 1.29 is 14.4 Å². The summed E-state index contributed by atoms with van der Waals surface area (Å²) in [7, 11) is 0. The first-order chi connectivity index (χ1) is 8.12. The maximum Gasteiger partial charge on any atom is 0.276 e. The number of nitrogens with one attached hydrogen (secondary N) is 2. The molecule has 0 unspecified atom stereocenters. The molecule has 1 fully saturated rings. The van der Waals surface area contributed by atoms with Crippen LogP contribution in [0.3, 0.4) is 0 Å². The zero-order valence-electron chi connectivity index (χ0n) is 8.99. The summed E-state index contributed by atoms with van der Waals surface area (Å²) in [5, 5.41) is 2.44. The first-order valence-corrected chi connectivity index (χ1v) is 7.26. The van der Waals surface area contributed by atoms with Gasteiger partial charge in [-0.05, 0) is 0 Å². The molecule has 10 heteroatoms. The summed E-state index contributed by atoms with van der Waals surface area (Å²) in [6, 6.07) is 0. The van der Waals surface area contributed by atoms with Crippen LogP contribution in [-0.4, -0.2) is 46.0 Å². The summed E-state index contributed by atoms with van der Waals surface area (Å²) in [4.78, 5) is 12.5. The predicted molar refractivity (Wildman–Crippen MR) is 74.0 cm³/mol. The van der Waals surface area contributed by atoms with Gasteiger partial charge < -0.3 is 9.64 Å². The Morgan fingerprint density at radius 1 is 1.11 bits per heavy atom. The molecule has 0 bridgehead atoms. The van der Waals surface area contributed by atoms with Crippen LogP contribution in [0.25, 0.3) is 0 Å². The molecule has 1 rings (SSSR count). The van der Waals surface area contributed by atoms with Crippen LogP contribution in [-0.2, 0) is 9.53 Å². The summed E-state index contributed by atoms with van der Waals surface area (Å²) in [6.45, 7) is 2.18. The number of alkyl halides is 6. The molecular weight excluding hydrogens is 369 g/mol. The first-order valence-electron chi connectivity index (χ1n) is 4.99. The number of halogens is 6. The lowest BCUT2D eigenvalue weighted by Gasteiger charge is -2.35. The predicted octanol–water partition coefficient (Wildman–Crippen LogP) is 1.08. The van der Waals surface area contributed by atoms with Crippen molar-refractivity contribution in [3.05, 3.63) is 0 Å². The number of amides is 1. The van der Waals surface area contributed by atoms with Gasteiger partial charge in [0.15, 0.2) is 0 Å². The molecule has 1 aliphatic rings. The summed E-state index contributed by atoms with van der Waals surface area (Å²) in [5.41, 5.74) is 0. The van der Waals surface area contributed by atoms with Gasteiger partial charge in [0, 0.05) is 0 Å². The Labute approximate surface area is 135 Å². The van der Waals surface area contributed by atoms with Crippen LogP contribution in [0.15, 0.2) is 0 Å². The second-order valence-corrected chi connectivity index (χ2v) is 8.37. The normalized spacial score (nSPS) is 20.6. The Balaban J connectivity index is 2.76. The Morgan fingerprint density at radius 3 is 2.00 bits per heavy atom. The topological polar surface area (TPSA) is 42.8 Å². The minimum absolute atomic E-state index is 0.510. The van der Waals surface area contributed by atoms with Crippen molar-refractivity contribution in [1.29, 1.82) is 0 Å². The van der Waals surface area contributed by atoms with E-state index in [9.17, 15) is 4.79 Å². The molecule has 0 aromatic carbocycles. The van der Waals surface area contributed by atoms with Gasteiger partial charge in [-0.25, -0.2) is 0 Å². The number of quaternary nitrogens is 1. The van der Waals surface area contributed by atoms with Crippen LogP contribution in [0.4, 0.5) is 0 Å². The van der Waals surface area contributed by atoms with Crippen molar-refractivity contribution in [2.75, 3.05) is 26.3 Å². The number of ether oxygens (including phenoxy) is 1. The van der Waals surface area contributed by atoms with Crippen molar-refractivity contribution in [2.45, 2.75) is 13.8 Å². The van der Waals surface area contributed by atoms with Crippen molar-refractivity contribution >= 4 is 75.5 Å². The molecule has 0 saturated carbocycles. The highest BCUT2D eigenvalue weighted by Crippen LogP contribution is 2.30. The number of rotatable bonds is 2. The molecule has 106 valence electrons. The number of hydrogen-bond donors (Lipinski definition) is 2. The molecule has 0 aromatic rings. The summed E-state index contributed by atoms with van der Waals surface area (Å²) < 4.78 is 1.39. The first kappa shape index (κ1) is 17.2. The zero-order valence-corrected chi connectivity index (χ0v) is 13.5. The molecule has 0 spiro atoms. The lowest BCUT2D eigenvalue weighted by molar-refractivity contribution is -0.934. The zero-order chi connectivity index (χ0) is 14.0. The quantitative estimate of drug-likeness (QED) is 0.705. The molecule has 1 amide bonds. The van der Waals surface area contributed by atoms with E-state index in [-0.39, 0.29) is 0 Å². The molecule has 18 heavy (non-hydrogen) atoms. The average molecular weight is 380 g/mol. The second kappa shape index (κ2) is 6.72. The minimum atomic E-state index is -2.10. The van der Waals surface area contributed by atoms with Crippen LogP contribution in [0, 0.1) is 0 Å². The van der Waals surface area contributed by atoms with E-state index < -0.39 is 19.7 Å². The number of carbonyl (C=O) groups is 1. The molecule has 4 nitrogen and oxygen atoms in total. The van der Waals surface area contributed by atoms with E-state index in [4.69, 9.17) is 74.3 Å². The molecule has 1 heterocycles. The third-order valence-electron chi connectivity index (χ3n) is 2.40. The maximum absolute atomic E-state index is 11.6. The van der Waals surface area contributed by atoms with E-state index in [0.717, 1.165) is 4.90 Å². The van der Waals surface area contributed by atoms with Crippen molar-refractivity contribution in [3.63, 3.8) is 0 Å². The maximum atomic E-state index is 11.6. The number of morpholine rings is 1. The van der Waals surface area contributed by atoms with Gasteiger partial charge >= 0.3 is 0 Å². The lowest BCUT2D eigenvalue weighted by atomic mass is 10.3. The summed E-state index contributed by atoms with van der Waals surface area (Å²) in [6.07, 6.45) is -0.811. The molecule has 1 aliphatic heterocycles. The van der Waals surface area contributed by atoms with Gasteiger partial charge in [-0.3, -0.25) is 10.1 Å². The van der Waals surface area contributed by atoms with Gasteiger partial charge in [0.25, 0.3) is 13.5 Å². The largest absolute Gasteiger partial charge is 0.370 e. The molecule has 1 atom stereocenters. The van der Waals surface area contributed by atoms with Gasteiger partial charge in [-0.1, -0.05) is 69.6 Å². The molecule has 1 saturated heterocycles. The van der Waals surface area contributed by atoms with Gasteiger partial charge in [0.2, 0.25) is 6.17 Å². The van der Waals surface area contributed by atoms with Crippen LogP contribution in [0.2, 0.25) is 0 Å². The van der Waals surface area contributed by atoms with Crippen molar-refractivity contribution in [1.82, 2.24) is 5.32 Å². The van der Waals surface area contributed by atoms with Crippen LogP contribution < -0.4 is 10.2 Å². The molecular formula is C8H11Cl6N2O2+. The van der Waals surface area contributed by atoms with E-state index in [1.807, 2.05) is 0 Å². The van der Waals surface area contributed by atoms with Crippen LogP contribution in [0.1, 0.15) is 0 Å². The third kappa shape index (κ3) is 5.25. The molecule has 2 N–H and O–H groups in total. The highest BCUT2D eigenvalue weighted by Gasteiger charge is 2.45.